The van der Waals surface area contributed by atoms with Crippen molar-refractivity contribution in [3.05, 3.63) is 29.8 Å². The van der Waals surface area contributed by atoms with Crippen LogP contribution in [0.4, 0.5) is 0 Å². The summed E-state index contributed by atoms with van der Waals surface area (Å²) in [6.45, 7) is 6.34. The lowest BCUT2D eigenvalue weighted by molar-refractivity contribution is 0.0774. The fourth-order valence-corrected chi connectivity index (χ4v) is 3.12. The van der Waals surface area contributed by atoms with Crippen LogP contribution in [-0.2, 0) is 4.74 Å². The first kappa shape index (κ1) is 15.3. The summed E-state index contributed by atoms with van der Waals surface area (Å²) in [5.41, 5.74) is 1.31. The summed E-state index contributed by atoms with van der Waals surface area (Å²) in [6, 6.07) is 8.78. The maximum absolute atomic E-state index is 5.88. The van der Waals surface area contributed by atoms with Gasteiger partial charge in [0, 0.05) is 18.6 Å². The van der Waals surface area contributed by atoms with E-state index in [1.807, 2.05) is 6.07 Å². The number of hydrogen-bond donors (Lipinski definition) is 1. The summed E-state index contributed by atoms with van der Waals surface area (Å²) in [7, 11) is 1.72. The van der Waals surface area contributed by atoms with Crippen LogP contribution < -0.4 is 10.1 Å². The zero-order valence-electron chi connectivity index (χ0n) is 12.9. The highest BCUT2D eigenvalue weighted by Gasteiger charge is 2.34. The van der Waals surface area contributed by atoms with E-state index in [-0.39, 0.29) is 0 Å². The third-order valence-corrected chi connectivity index (χ3v) is 4.16. The third-order valence-electron chi connectivity index (χ3n) is 4.16. The molecule has 0 aromatic heterocycles. The molecule has 3 heteroatoms. The van der Waals surface area contributed by atoms with Crippen LogP contribution in [0.2, 0.25) is 0 Å². The van der Waals surface area contributed by atoms with E-state index >= 15 is 0 Å². The average molecular weight is 277 g/mol. The molecule has 0 spiro atoms. The minimum absolute atomic E-state index is 0.359. The van der Waals surface area contributed by atoms with Crippen LogP contribution in [0.25, 0.3) is 0 Å². The van der Waals surface area contributed by atoms with Crippen molar-refractivity contribution < 1.29 is 9.47 Å². The van der Waals surface area contributed by atoms with Gasteiger partial charge in [-0.2, -0.15) is 0 Å². The standard InChI is InChI=1S/C17H27NO2/c1-4-10-18-17(15-9-11-20-16(15)5-2)13-7-6-8-14(12-13)19-3/h6-8,12,15-18H,4-5,9-11H2,1-3H3. The van der Waals surface area contributed by atoms with Gasteiger partial charge in [0.2, 0.25) is 0 Å². The summed E-state index contributed by atoms with van der Waals surface area (Å²) in [5, 5.41) is 3.71. The van der Waals surface area contributed by atoms with E-state index in [1.165, 1.54) is 5.56 Å². The summed E-state index contributed by atoms with van der Waals surface area (Å²) >= 11 is 0. The highest BCUT2D eigenvalue weighted by molar-refractivity contribution is 5.31. The monoisotopic (exact) mass is 277 g/mol. The van der Waals surface area contributed by atoms with Gasteiger partial charge >= 0.3 is 0 Å². The molecular formula is C17H27NO2. The van der Waals surface area contributed by atoms with Crippen LogP contribution in [0, 0.1) is 5.92 Å². The predicted octanol–water partition coefficient (Wildman–Crippen LogP) is 3.55. The Kier molecular flexibility index (Phi) is 5.86. The molecule has 1 aliphatic heterocycles. The number of nitrogens with one attached hydrogen (secondary N) is 1. The van der Waals surface area contributed by atoms with Crippen molar-refractivity contribution in [3.8, 4) is 5.75 Å². The molecule has 1 saturated heterocycles. The van der Waals surface area contributed by atoms with E-state index in [9.17, 15) is 0 Å². The molecule has 3 nitrogen and oxygen atoms in total. The van der Waals surface area contributed by atoms with Gasteiger partial charge in [-0.1, -0.05) is 26.0 Å². The highest BCUT2D eigenvalue weighted by Crippen LogP contribution is 2.35. The van der Waals surface area contributed by atoms with Crippen LogP contribution in [0.15, 0.2) is 24.3 Å². The Labute approximate surface area is 122 Å². The lowest BCUT2D eigenvalue weighted by Crippen LogP contribution is -2.33. The maximum atomic E-state index is 5.88. The molecule has 1 aliphatic rings. The first-order valence-electron chi connectivity index (χ1n) is 7.79. The zero-order valence-corrected chi connectivity index (χ0v) is 12.9. The molecule has 0 bridgehead atoms. The molecule has 1 N–H and O–H groups in total. The van der Waals surface area contributed by atoms with Gasteiger partial charge < -0.3 is 14.8 Å². The largest absolute Gasteiger partial charge is 0.497 e. The number of rotatable bonds is 7. The first-order chi connectivity index (χ1) is 9.80. The van der Waals surface area contributed by atoms with Crippen molar-refractivity contribution in [2.75, 3.05) is 20.3 Å². The molecule has 0 saturated carbocycles. The van der Waals surface area contributed by atoms with Crippen molar-refractivity contribution in [1.29, 1.82) is 0 Å². The average Bonchev–Trinajstić information content (AvgIpc) is 2.96. The Morgan fingerprint density at radius 1 is 1.40 bits per heavy atom. The number of hydrogen-bond acceptors (Lipinski definition) is 3. The third kappa shape index (κ3) is 3.53. The normalized spacial score (nSPS) is 23.8. The Hall–Kier alpha value is -1.06. The van der Waals surface area contributed by atoms with Crippen molar-refractivity contribution >= 4 is 0 Å². The highest BCUT2D eigenvalue weighted by atomic mass is 16.5. The van der Waals surface area contributed by atoms with Crippen molar-refractivity contribution in [1.82, 2.24) is 5.32 Å². The quantitative estimate of drug-likeness (QED) is 0.826. The predicted molar refractivity (Wildman–Crippen MR) is 82.2 cm³/mol. The topological polar surface area (TPSA) is 30.5 Å². The van der Waals surface area contributed by atoms with Gasteiger partial charge in [0.05, 0.1) is 13.2 Å². The summed E-state index contributed by atoms with van der Waals surface area (Å²) < 4.78 is 11.2. The molecule has 1 heterocycles. The Balaban J connectivity index is 2.21. The molecule has 112 valence electrons. The molecule has 1 aromatic rings. The SMILES string of the molecule is CCCNC(c1cccc(OC)c1)C1CCOC1CC. The van der Waals surface area contributed by atoms with Crippen LogP contribution in [0.1, 0.15) is 44.7 Å². The van der Waals surface area contributed by atoms with Crippen LogP contribution in [0.5, 0.6) is 5.75 Å². The van der Waals surface area contributed by atoms with Gasteiger partial charge in [-0.05, 0) is 43.5 Å². The van der Waals surface area contributed by atoms with Gasteiger partial charge in [0.1, 0.15) is 5.75 Å². The molecule has 1 aromatic carbocycles. The molecule has 0 aliphatic carbocycles. The van der Waals surface area contributed by atoms with E-state index < -0.39 is 0 Å². The Morgan fingerprint density at radius 2 is 2.25 bits per heavy atom. The van der Waals surface area contributed by atoms with Gasteiger partial charge in [-0.3, -0.25) is 0 Å². The molecule has 3 unspecified atom stereocenters. The minimum Gasteiger partial charge on any atom is -0.497 e. The second kappa shape index (κ2) is 7.65. The van der Waals surface area contributed by atoms with E-state index in [4.69, 9.17) is 9.47 Å². The van der Waals surface area contributed by atoms with E-state index in [0.717, 1.165) is 38.2 Å². The maximum Gasteiger partial charge on any atom is 0.119 e. The van der Waals surface area contributed by atoms with Crippen molar-refractivity contribution in [2.24, 2.45) is 5.92 Å². The van der Waals surface area contributed by atoms with Crippen LogP contribution >= 0.6 is 0 Å². The summed E-state index contributed by atoms with van der Waals surface area (Å²) in [5.74, 6) is 1.48. The second-order valence-electron chi connectivity index (χ2n) is 5.48. The molecule has 2 rings (SSSR count). The Morgan fingerprint density at radius 3 is 2.95 bits per heavy atom. The Bertz CT molecular complexity index is 408. The number of methoxy groups -OCH3 is 1. The number of benzene rings is 1. The van der Waals surface area contributed by atoms with Crippen molar-refractivity contribution in [3.63, 3.8) is 0 Å². The van der Waals surface area contributed by atoms with Crippen molar-refractivity contribution in [2.45, 2.75) is 45.3 Å². The van der Waals surface area contributed by atoms with Gasteiger partial charge in [0.25, 0.3) is 0 Å². The fourth-order valence-electron chi connectivity index (χ4n) is 3.12. The molecule has 0 radical (unpaired) electrons. The number of ether oxygens (including phenoxy) is 2. The van der Waals surface area contributed by atoms with Gasteiger partial charge in [-0.15, -0.1) is 0 Å². The molecule has 20 heavy (non-hydrogen) atoms. The summed E-state index contributed by atoms with van der Waals surface area (Å²) in [6.07, 6.45) is 3.73. The molecule has 3 atom stereocenters. The minimum atomic E-state index is 0.359. The summed E-state index contributed by atoms with van der Waals surface area (Å²) in [4.78, 5) is 0. The van der Waals surface area contributed by atoms with Crippen LogP contribution in [-0.4, -0.2) is 26.4 Å². The molecular weight excluding hydrogens is 250 g/mol. The fraction of sp³-hybridized carbons (Fsp3) is 0.647. The van der Waals surface area contributed by atoms with Gasteiger partial charge in [0.15, 0.2) is 0 Å². The smallest absolute Gasteiger partial charge is 0.119 e. The second-order valence-corrected chi connectivity index (χ2v) is 5.48. The lowest BCUT2D eigenvalue weighted by Gasteiger charge is -2.29. The van der Waals surface area contributed by atoms with E-state index in [1.54, 1.807) is 7.11 Å². The van der Waals surface area contributed by atoms with Gasteiger partial charge in [-0.25, -0.2) is 0 Å². The lowest BCUT2D eigenvalue weighted by atomic mass is 9.86. The van der Waals surface area contributed by atoms with E-state index in [2.05, 4.69) is 37.4 Å². The molecule has 0 amide bonds. The first-order valence-corrected chi connectivity index (χ1v) is 7.79. The van der Waals surface area contributed by atoms with Crippen LogP contribution in [0.3, 0.4) is 0 Å². The van der Waals surface area contributed by atoms with E-state index in [0.29, 0.717) is 18.1 Å². The molecule has 1 fully saturated rings. The zero-order chi connectivity index (χ0) is 14.4.